The zero-order valence-corrected chi connectivity index (χ0v) is 8.41. The molecule has 1 aromatic heterocycles. The van der Waals surface area contributed by atoms with Crippen molar-refractivity contribution in [3.63, 3.8) is 0 Å². The van der Waals surface area contributed by atoms with E-state index in [1.54, 1.807) is 0 Å². The van der Waals surface area contributed by atoms with Crippen LogP contribution in [0.2, 0.25) is 0 Å². The molecule has 0 bridgehead atoms. The van der Waals surface area contributed by atoms with Gasteiger partial charge < -0.3 is 10.4 Å². The quantitative estimate of drug-likeness (QED) is 0.725. The van der Waals surface area contributed by atoms with Crippen molar-refractivity contribution in [2.24, 2.45) is 13.0 Å². The minimum Gasteiger partial charge on any atom is -0.396 e. The molecule has 0 spiro atoms. The van der Waals surface area contributed by atoms with Crippen molar-refractivity contribution in [1.82, 2.24) is 9.78 Å². The third-order valence-electron chi connectivity index (χ3n) is 2.06. The first kappa shape index (κ1) is 10.1. The number of hydrogen-bond donors (Lipinski definition) is 2. The second kappa shape index (κ2) is 4.28. The predicted molar refractivity (Wildman–Crippen MR) is 52.7 cm³/mol. The Balaban J connectivity index is 2.45. The van der Waals surface area contributed by atoms with E-state index < -0.39 is 0 Å². The SMILES string of the molecule is Cc1cc(NCC(C)CO)nn1C. The maximum Gasteiger partial charge on any atom is 0.148 e. The number of aliphatic hydroxyl groups is 1. The smallest absolute Gasteiger partial charge is 0.148 e. The summed E-state index contributed by atoms with van der Waals surface area (Å²) in [6.45, 7) is 4.96. The molecule has 0 saturated carbocycles. The zero-order chi connectivity index (χ0) is 9.84. The summed E-state index contributed by atoms with van der Waals surface area (Å²) in [5.74, 6) is 1.14. The highest BCUT2D eigenvalue weighted by Gasteiger charge is 2.02. The van der Waals surface area contributed by atoms with Crippen molar-refractivity contribution in [2.45, 2.75) is 13.8 Å². The Kier molecular flexibility index (Phi) is 3.31. The summed E-state index contributed by atoms with van der Waals surface area (Å²) in [5.41, 5.74) is 1.12. The molecular formula is C9H17N3O. The van der Waals surface area contributed by atoms with Gasteiger partial charge in [0, 0.05) is 32.0 Å². The topological polar surface area (TPSA) is 50.1 Å². The lowest BCUT2D eigenvalue weighted by Crippen LogP contribution is -2.14. The average molecular weight is 183 g/mol. The Hall–Kier alpha value is -1.03. The van der Waals surface area contributed by atoms with Gasteiger partial charge in [0.1, 0.15) is 5.82 Å². The lowest BCUT2D eigenvalue weighted by atomic mass is 10.2. The van der Waals surface area contributed by atoms with Crippen molar-refractivity contribution in [2.75, 3.05) is 18.5 Å². The third kappa shape index (κ3) is 2.73. The van der Waals surface area contributed by atoms with Crippen LogP contribution in [-0.4, -0.2) is 28.0 Å². The van der Waals surface area contributed by atoms with Gasteiger partial charge in [-0.2, -0.15) is 5.10 Å². The molecule has 0 radical (unpaired) electrons. The van der Waals surface area contributed by atoms with Crippen molar-refractivity contribution in [3.05, 3.63) is 11.8 Å². The van der Waals surface area contributed by atoms with E-state index in [9.17, 15) is 0 Å². The number of nitrogens with one attached hydrogen (secondary N) is 1. The fourth-order valence-electron chi connectivity index (χ4n) is 0.990. The fraction of sp³-hybridized carbons (Fsp3) is 0.667. The van der Waals surface area contributed by atoms with E-state index in [2.05, 4.69) is 10.4 Å². The predicted octanol–water partition coefficient (Wildman–Crippen LogP) is 0.769. The van der Waals surface area contributed by atoms with Crippen LogP contribution in [0.4, 0.5) is 5.82 Å². The molecular weight excluding hydrogens is 166 g/mol. The molecule has 4 nitrogen and oxygen atoms in total. The normalized spacial score (nSPS) is 12.9. The molecule has 0 fully saturated rings. The van der Waals surface area contributed by atoms with Gasteiger partial charge in [-0.25, -0.2) is 0 Å². The van der Waals surface area contributed by atoms with Crippen molar-refractivity contribution in [1.29, 1.82) is 0 Å². The first-order valence-corrected chi connectivity index (χ1v) is 4.49. The van der Waals surface area contributed by atoms with E-state index in [1.807, 2.05) is 31.6 Å². The summed E-state index contributed by atoms with van der Waals surface area (Å²) in [5, 5.41) is 16.2. The Morgan fingerprint density at radius 3 is 2.85 bits per heavy atom. The molecule has 0 aromatic carbocycles. The fourth-order valence-corrected chi connectivity index (χ4v) is 0.990. The van der Waals surface area contributed by atoms with Gasteiger partial charge in [-0.05, 0) is 12.8 Å². The van der Waals surface area contributed by atoms with Gasteiger partial charge in [0.2, 0.25) is 0 Å². The largest absolute Gasteiger partial charge is 0.396 e. The number of hydrogen-bond acceptors (Lipinski definition) is 3. The number of aromatic nitrogens is 2. The van der Waals surface area contributed by atoms with E-state index in [1.165, 1.54) is 0 Å². The summed E-state index contributed by atoms with van der Waals surface area (Å²) >= 11 is 0. The number of rotatable bonds is 4. The Bertz CT molecular complexity index is 250. The molecule has 4 heteroatoms. The summed E-state index contributed by atoms with van der Waals surface area (Å²) < 4.78 is 1.83. The van der Waals surface area contributed by atoms with Crippen LogP contribution in [0.15, 0.2) is 6.07 Å². The maximum absolute atomic E-state index is 8.81. The van der Waals surface area contributed by atoms with Crippen LogP contribution >= 0.6 is 0 Å². The molecule has 1 aromatic rings. The van der Waals surface area contributed by atoms with Gasteiger partial charge >= 0.3 is 0 Å². The lowest BCUT2D eigenvalue weighted by molar-refractivity contribution is 0.244. The Morgan fingerprint density at radius 2 is 2.38 bits per heavy atom. The summed E-state index contributed by atoms with van der Waals surface area (Å²) in [7, 11) is 1.91. The summed E-state index contributed by atoms with van der Waals surface area (Å²) in [4.78, 5) is 0. The summed E-state index contributed by atoms with van der Waals surface area (Å²) in [6, 6.07) is 1.99. The minimum atomic E-state index is 0.207. The molecule has 74 valence electrons. The van der Waals surface area contributed by atoms with Crippen LogP contribution in [0.1, 0.15) is 12.6 Å². The lowest BCUT2D eigenvalue weighted by Gasteiger charge is -2.07. The maximum atomic E-state index is 8.81. The van der Waals surface area contributed by atoms with Gasteiger partial charge in [-0.1, -0.05) is 6.92 Å². The second-order valence-electron chi connectivity index (χ2n) is 3.46. The highest BCUT2D eigenvalue weighted by Crippen LogP contribution is 2.07. The van der Waals surface area contributed by atoms with Crippen LogP contribution in [0.5, 0.6) is 0 Å². The highest BCUT2D eigenvalue weighted by atomic mass is 16.3. The van der Waals surface area contributed by atoms with Crippen LogP contribution in [0.3, 0.4) is 0 Å². The average Bonchev–Trinajstić information content (AvgIpc) is 2.42. The molecule has 2 N–H and O–H groups in total. The van der Waals surface area contributed by atoms with Crippen molar-refractivity contribution >= 4 is 5.82 Å². The highest BCUT2D eigenvalue weighted by molar-refractivity contribution is 5.35. The van der Waals surface area contributed by atoms with E-state index >= 15 is 0 Å². The zero-order valence-electron chi connectivity index (χ0n) is 8.41. The van der Waals surface area contributed by atoms with Gasteiger partial charge in [-0.15, -0.1) is 0 Å². The van der Waals surface area contributed by atoms with E-state index in [0.717, 1.165) is 18.1 Å². The number of anilines is 1. The number of aliphatic hydroxyl groups excluding tert-OH is 1. The molecule has 13 heavy (non-hydrogen) atoms. The first-order chi connectivity index (χ1) is 6.13. The molecule has 1 rings (SSSR count). The second-order valence-corrected chi connectivity index (χ2v) is 3.46. The molecule has 1 heterocycles. The van der Waals surface area contributed by atoms with Crippen molar-refractivity contribution in [3.8, 4) is 0 Å². The van der Waals surface area contributed by atoms with E-state index in [-0.39, 0.29) is 12.5 Å². The van der Waals surface area contributed by atoms with Gasteiger partial charge in [0.15, 0.2) is 0 Å². The van der Waals surface area contributed by atoms with Crippen LogP contribution in [0.25, 0.3) is 0 Å². The number of aryl methyl sites for hydroxylation is 2. The molecule has 0 aliphatic rings. The van der Waals surface area contributed by atoms with Crippen LogP contribution in [0, 0.1) is 12.8 Å². The molecule has 0 aliphatic carbocycles. The number of nitrogens with zero attached hydrogens (tertiary/aromatic N) is 2. The van der Waals surface area contributed by atoms with E-state index in [4.69, 9.17) is 5.11 Å². The van der Waals surface area contributed by atoms with Crippen LogP contribution < -0.4 is 5.32 Å². The first-order valence-electron chi connectivity index (χ1n) is 4.49. The van der Waals surface area contributed by atoms with Gasteiger partial charge in [-0.3, -0.25) is 4.68 Å². The third-order valence-corrected chi connectivity index (χ3v) is 2.06. The minimum absolute atomic E-state index is 0.207. The summed E-state index contributed by atoms with van der Waals surface area (Å²) in [6.07, 6.45) is 0. The molecule has 0 amide bonds. The Morgan fingerprint density at radius 1 is 1.69 bits per heavy atom. The standard InChI is InChI=1S/C9H17N3O/c1-7(6-13)5-10-9-4-8(2)12(3)11-9/h4,7,13H,5-6H2,1-3H3,(H,10,11). The molecule has 1 atom stereocenters. The van der Waals surface area contributed by atoms with Gasteiger partial charge in [0.05, 0.1) is 0 Å². The molecule has 0 aliphatic heterocycles. The monoisotopic (exact) mass is 183 g/mol. The van der Waals surface area contributed by atoms with Crippen LogP contribution in [-0.2, 0) is 7.05 Å². The Labute approximate surface area is 78.6 Å². The van der Waals surface area contributed by atoms with Gasteiger partial charge in [0.25, 0.3) is 0 Å². The van der Waals surface area contributed by atoms with E-state index in [0.29, 0.717) is 0 Å². The van der Waals surface area contributed by atoms with Crippen molar-refractivity contribution < 1.29 is 5.11 Å². The molecule has 1 unspecified atom stereocenters. The molecule has 0 saturated heterocycles.